The van der Waals surface area contributed by atoms with Crippen molar-refractivity contribution in [2.24, 2.45) is 0 Å². The standard InChI is InChI=1S/C34H38ClN3O6/c1-37(32(40)23-43-31-21-30(42-2)26(22-39)20-28(31)35)15-6-7-24-10-11-27(25-8-4-3-5-9-25)29(19-24)36-33(41)44-34-12-16-38(17-13-34)18-14-34/h3-5,8-11,19-22H,6-7,12-18,23H2,1-2H3,(H,36,41). The van der Waals surface area contributed by atoms with Crippen LogP contribution in [0.1, 0.15) is 41.6 Å². The fourth-order valence-corrected chi connectivity index (χ4v) is 6.05. The summed E-state index contributed by atoms with van der Waals surface area (Å²) in [5.74, 6) is 0.373. The number of halogens is 1. The fraction of sp³-hybridized carbons (Fsp3) is 0.382. The van der Waals surface area contributed by atoms with Crippen molar-refractivity contribution in [2.75, 3.05) is 52.3 Å². The van der Waals surface area contributed by atoms with Crippen molar-refractivity contribution in [3.63, 3.8) is 0 Å². The van der Waals surface area contributed by atoms with Crippen LogP contribution in [0.3, 0.4) is 0 Å². The van der Waals surface area contributed by atoms with E-state index in [1.165, 1.54) is 19.2 Å². The van der Waals surface area contributed by atoms with Gasteiger partial charge in [0, 0.05) is 64.1 Å². The van der Waals surface area contributed by atoms with E-state index in [4.69, 9.17) is 25.8 Å². The molecule has 3 aromatic carbocycles. The van der Waals surface area contributed by atoms with Crippen LogP contribution in [0.4, 0.5) is 10.5 Å². The Hall–Kier alpha value is -4.08. The topological polar surface area (TPSA) is 97.4 Å². The number of nitrogens with zero attached hydrogens (tertiary/aromatic N) is 2. The molecule has 44 heavy (non-hydrogen) atoms. The second-order valence-corrected chi connectivity index (χ2v) is 11.8. The lowest BCUT2D eigenvalue weighted by atomic mass is 9.83. The molecule has 1 N–H and O–H groups in total. The average Bonchev–Trinajstić information content (AvgIpc) is 3.04. The Morgan fingerprint density at radius 3 is 2.43 bits per heavy atom. The zero-order chi connectivity index (χ0) is 31.1. The SMILES string of the molecule is COc1cc(OCC(=O)N(C)CCCc2ccc(-c3ccccc3)c(NC(=O)OC34CCN(CC3)CC4)c2)c(Cl)cc1C=O. The van der Waals surface area contributed by atoms with E-state index in [-0.39, 0.29) is 28.9 Å². The highest BCUT2D eigenvalue weighted by atomic mass is 35.5. The highest BCUT2D eigenvalue weighted by Crippen LogP contribution is 2.36. The van der Waals surface area contributed by atoms with Gasteiger partial charge in [-0.1, -0.05) is 54.1 Å². The van der Waals surface area contributed by atoms with Crippen molar-refractivity contribution in [1.82, 2.24) is 9.80 Å². The first kappa shape index (κ1) is 31.3. The van der Waals surface area contributed by atoms with Gasteiger partial charge in [0.2, 0.25) is 0 Å². The molecule has 0 spiro atoms. The molecular weight excluding hydrogens is 582 g/mol. The summed E-state index contributed by atoms with van der Waals surface area (Å²) in [7, 11) is 3.16. The monoisotopic (exact) mass is 619 g/mol. The molecule has 2 amide bonds. The first-order chi connectivity index (χ1) is 21.3. The summed E-state index contributed by atoms with van der Waals surface area (Å²) in [6, 6.07) is 19.0. The Kier molecular flexibility index (Phi) is 10.1. The number of carbonyl (C=O) groups excluding carboxylic acids is 3. The number of methoxy groups -OCH3 is 1. The molecule has 3 heterocycles. The zero-order valence-corrected chi connectivity index (χ0v) is 25.9. The normalized spacial score (nSPS) is 18.8. The molecule has 0 atom stereocenters. The van der Waals surface area contributed by atoms with Crippen LogP contribution in [0.2, 0.25) is 5.02 Å². The van der Waals surface area contributed by atoms with E-state index in [1.807, 2.05) is 42.5 Å². The van der Waals surface area contributed by atoms with Gasteiger partial charge < -0.3 is 24.0 Å². The lowest BCUT2D eigenvalue weighted by Crippen LogP contribution is -2.54. The Morgan fingerprint density at radius 2 is 1.75 bits per heavy atom. The van der Waals surface area contributed by atoms with Crippen LogP contribution >= 0.6 is 11.6 Å². The van der Waals surface area contributed by atoms with E-state index < -0.39 is 6.09 Å². The molecule has 0 radical (unpaired) electrons. The molecule has 10 heteroatoms. The predicted octanol–water partition coefficient (Wildman–Crippen LogP) is 6.08. The number of rotatable bonds is 12. The second kappa shape index (κ2) is 14.1. The summed E-state index contributed by atoms with van der Waals surface area (Å²) in [6.45, 7) is 3.21. The number of anilines is 1. The number of fused-ring (bicyclic) bond motifs is 3. The molecular formula is C34H38ClN3O6. The number of likely N-dealkylation sites (N-methyl/N-ethyl adjacent to an activating group) is 1. The maximum absolute atomic E-state index is 13.2. The number of hydrogen-bond acceptors (Lipinski definition) is 7. The first-order valence-corrected chi connectivity index (χ1v) is 15.3. The molecule has 9 nitrogen and oxygen atoms in total. The van der Waals surface area contributed by atoms with Crippen molar-refractivity contribution in [1.29, 1.82) is 0 Å². The number of amides is 2. The van der Waals surface area contributed by atoms with Crippen LogP contribution in [0.25, 0.3) is 11.1 Å². The molecule has 3 aliphatic rings. The summed E-state index contributed by atoms with van der Waals surface area (Å²) >= 11 is 6.21. The highest BCUT2D eigenvalue weighted by molar-refractivity contribution is 6.32. The van der Waals surface area contributed by atoms with Crippen LogP contribution in [0.15, 0.2) is 60.7 Å². The number of ether oxygens (including phenoxy) is 3. The summed E-state index contributed by atoms with van der Waals surface area (Å²) in [4.78, 5) is 41.1. The van der Waals surface area contributed by atoms with Gasteiger partial charge >= 0.3 is 6.09 Å². The molecule has 2 bridgehead atoms. The number of piperidine rings is 3. The second-order valence-electron chi connectivity index (χ2n) is 11.4. The summed E-state index contributed by atoms with van der Waals surface area (Å²) in [5.41, 5.74) is 3.59. The van der Waals surface area contributed by atoms with Crippen molar-refractivity contribution >= 4 is 35.6 Å². The largest absolute Gasteiger partial charge is 0.496 e. The van der Waals surface area contributed by atoms with E-state index in [2.05, 4.69) is 16.3 Å². The van der Waals surface area contributed by atoms with Crippen LogP contribution in [-0.2, 0) is 16.0 Å². The van der Waals surface area contributed by atoms with Gasteiger partial charge in [0.25, 0.3) is 5.91 Å². The fourth-order valence-electron chi connectivity index (χ4n) is 5.83. The molecule has 6 rings (SSSR count). The summed E-state index contributed by atoms with van der Waals surface area (Å²) < 4.78 is 16.9. The van der Waals surface area contributed by atoms with Crippen molar-refractivity contribution in [3.05, 3.63) is 76.8 Å². The maximum Gasteiger partial charge on any atom is 0.412 e. The van der Waals surface area contributed by atoms with Gasteiger partial charge in [-0.15, -0.1) is 0 Å². The third kappa shape index (κ3) is 7.52. The van der Waals surface area contributed by atoms with E-state index in [0.29, 0.717) is 42.7 Å². The van der Waals surface area contributed by atoms with Crippen molar-refractivity contribution < 1.29 is 28.6 Å². The molecule has 3 aliphatic heterocycles. The van der Waals surface area contributed by atoms with Crippen LogP contribution in [0, 0.1) is 0 Å². The maximum atomic E-state index is 13.2. The molecule has 3 aromatic rings. The summed E-state index contributed by atoms with van der Waals surface area (Å²) in [5, 5.41) is 3.27. The van der Waals surface area contributed by atoms with E-state index in [0.717, 1.165) is 55.6 Å². The minimum Gasteiger partial charge on any atom is -0.496 e. The molecule has 0 aromatic heterocycles. The Morgan fingerprint density at radius 1 is 1.02 bits per heavy atom. The molecule has 3 fully saturated rings. The van der Waals surface area contributed by atoms with Gasteiger partial charge in [-0.05, 0) is 36.1 Å². The number of hydrogen-bond donors (Lipinski definition) is 1. The van der Waals surface area contributed by atoms with Gasteiger partial charge in [-0.2, -0.15) is 0 Å². The van der Waals surface area contributed by atoms with Crippen molar-refractivity contribution in [2.45, 2.75) is 37.7 Å². The third-order valence-corrected chi connectivity index (χ3v) is 8.81. The van der Waals surface area contributed by atoms with Crippen LogP contribution in [-0.4, -0.2) is 80.6 Å². The number of benzene rings is 3. The smallest absolute Gasteiger partial charge is 0.412 e. The van der Waals surface area contributed by atoms with E-state index in [1.54, 1.807) is 11.9 Å². The lowest BCUT2D eigenvalue weighted by Gasteiger charge is -2.47. The molecule has 232 valence electrons. The van der Waals surface area contributed by atoms with Crippen LogP contribution < -0.4 is 14.8 Å². The van der Waals surface area contributed by atoms with Gasteiger partial charge in [0.1, 0.15) is 17.1 Å². The molecule has 0 saturated carbocycles. The van der Waals surface area contributed by atoms with Crippen LogP contribution in [0.5, 0.6) is 11.5 Å². The third-order valence-electron chi connectivity index (χ3n) is 8.51. The Labute approximate surface area is 263 Å². The van der Waals surface area contributed by atoms with Gasteiger partial charge in [0.15, 0.2) is 12.9 Å². The number of aryl methyl sites for hydroxylation is 1. The molecule has 3 saturated heterocycles. The quantitative estimate of drug-likeness (QED) is 0.245. The first-order valence-electron chi connectivity index (χ1n) is 14.9. The Bertz CT molecular complexity index is 1480. The van der Waals surface area contributed by atoms with Gasteiger partial charge in [0.05, 0.1) is 23.4 Å². The number of nitrogens with one attached hydrogen (secondary N) is 1. The summed E-state index contributed by atoms with van der Waals surface area (Å²) in [6.07, 6.45) is 4.25. The molecule has 0 unspecified atom stereocenters. The minimum absolute atomic E-state index is 0.207. The van der Waals surface area contributed by atoms with Crippen molar-refractivity contribution in [3.8, 4) is 22.6 Å². The average molecular weight is 620 g/mol. The Balaban J connectivity index is 1.19. The van der Waals surface area contributed by atoms with E-state index in [9.17, 15) is 14.4 Å². The molecule has 0 aliphatic carbocycles. The lowest BCUT2D eigenvalue weighted by molar-refractivity contribution is -0.132. The number of aldehydes is 1. The predicted molar refractivity (Wildman–Crippen MR) is 170 cm³/mol. The van der Waals surface area contributed by atoms with E-state index >= 15 is 0 Å². The van der Waals surface area contributed by atoms with Gasteiger partial charge in [-0.25, -0.2) is 4.79 Å². The number of carbonyl (C=O) groups is 3. The zero-order valence-electron chi connectivity index (χ0n) is 25.1. The van der Waals surface area contributed by atoms with Gasteiger partial charge in [-0.3, -0.25) is 14.9 Å². The highest BCUT2D eigenvalue weighted by Gasteiger charge is 2.42. The minimum atomic E-state index is -0.418.